The van der Waals surface area contributed by atoms with Crippen molar-refractivity contribution >= 4 is 47.2 Å². The van der Waals surface area contributed by atoms with Crippen LogP contribution in [-0.2, 0) is 6.54 Å². The zero-order valence-electron chi connectivity index (χ0n) is 15.3. The SMILES string of the molecule is CCOc1ncccc1CN=C(N)N1CCN(c2ccc(Cl)cc2)CC1.I. The summed E-state index contributed by atoms with van der Waals surface area (Å²) in [5, 5.41) is 0.755. The Morgan fingerprint density at radius 2 is 1.89 bits per heavy atom. The molecule has 0 amide bonds. The van der Waals surface area contributed by atoms with Crippen molar-refractivity contribution in [3.63, 3.8) is 0 Å². The van der Waals surface area contributed by atoms with Crippen molar-refractivity contribution in [2.75, 3.05) is 37.7 Å². The van der Waals surface area contributed by atoms with E-state index in [1.807, 2.05) is 43.3 Å². The summed E-state index contributed by atoms with van der Waals surface area (Å²) in [4.78, 5) is 13.2. The van der Waals surface area contributed by atoms with E-state index >= 15 is 0 Å². The lowest BCUT2D eigenvalue weighted by atomic mass is 10.2. The fourth-order valence-electron chi connectivity index (χ4n) is 2.92. The van der Waals surface area contributed by atoms with Gasteiger partial charge in [0.05, 0.1) is 13.2 Å². The Labute approximate surface area is 182 Å². The molecule has 1 aromatic heterocycles. The molecule has 0 atom stereocenters. The van der Waals surface area contributed by atoms with E-state index in [1.165, 1.54) is 5.69 Å². The minimum Gasteiger partial charge on any atom is -0.478 e. The Hall–Kier alpha value is -1.74. The van der Waals surface area contributed by atoms with Crippen molar-refractivity contribution in [2.24, 2.45) is 10.7 Å². The van der Waals surface area contributed by atoms with Crippen LogP contribution < -0.4 is 15.4 Å². The van der Waals surface area contributed by atoms with Crippen molar-refractivity contribution in [1.29, 1.82) is 0 Å². The zero-order chi connectivity index (χ0) is 18.4. The van der Waals surface area contributed by atoms with Crippen LogP contribution in [0.5, 0.6) is 5.88 Å². The first-order chi connectivity index (χ1) is 12.7. The second-order valence-electron chi connectivity index (χ2n) is 6.03. The summed E-state index contributed by atoms with van der Waals surface area (Å²) >= 11 is 5.96. The average molecular weight is 502 g/mol. The van der Waals surface area contributed by atoms with Crippen LogP contribution in [0.3, 0.4) is 0 Å². The highest BCUT2D eigenvalue weighted by molar-refractivity contribution is 14.0. The first-order valence-electron chi connectivity index (χ1n) is 8.79. The van der Waals surface area contributed by atoms with E-state index in [1.54, 1.807) is 6.20 Å². The molecule has 1 aromatic carbocycles. The van der Waals surface area contributed by atoms with E-state index in [-0.39, 0.29) is 24.0 Å². The van der Waals surface area contributed by atoms with Crippen LogP contribution in [0.2, 0.25) is 5.02 Å². The van der Waals surface area contributed by atoms with E-state index in [0.29, 0.717) is 25.0 Å². The topological polar surface area (TPSA) is 67.0 Å². The van der Waals surface area contributed by atoms with Gasteiger partial charge in [-0.05, 0) is 37.3 Å². The van der Waals surface area contributed by atoms with E-state index in [0.717, 1.165) is 36.8 Å². The van der Waals surface area contributed by atoms with Gasteiger partial charge in [0.15, 0.2) is 5.96 Å². The van der Waals surface area contributed by atoms with E-state index in [9.17, 15) is 0 Å². The van der Waals surface area contributed by atoms with Crippen LogP contribution >= 0.6 is 35.6 Å². The molecule has 2 aromatic rings. The average Bonchev–Trinajstić information content (AvgIpc) is 2.68. The van der Waals surface area contributed by atoms with Crippen molar-refractivity contribution in [2.45, 2.75) is 13.5 Å². The fourth-order valence-corrected chi connectivity index (χ4v) is 3.05. The molecular formula is C19H25ClIN5O. The van der Waals surface area contributed by atoms with Gasteiger partial charge in [0.2, 0.25) is 5.88 Å². The summed E-state index contributed by atoms with van der Waals surface area (Å²) in [6.07, 6.45) is 1.72. The largest absolute Gasteiger partial charge is 0.478 e. The molecule has 1 aliphatic heterocycles. The summed E-state index contributed by atoms with van der Waals surface area (Å²) in [6.45, 7) is 6.45. The molecule has 0 aliphatic carbocycles. The van der Waals surface area contributed by atoms with Gasteiger partial charge in [-0.25, -0.2) is 9.98 Å². The third-order valence-corrected chi connectivity index (χ3v) is 4.59. The highest BCUT2D eigenvalue weighted by atomic mass is 127. The monoisotopic (exact) mass is 501 g/mol. The number of halogens is 2. The number of nitrogens with two attached hydrogens (primary N) is 1. The Balaban J connectivity index is 0.00000261. The smallest absolute Gasteiger partial charge is 0.218 e. The zero-order valence-corrected chi connectivity index (χ0v) is 18.4. The van der Waals surface area contributed by atoms with Gasteiger partial charge in [0.25, 0.3) is 0 Å². The lowest BCUT2D eigenvalue weighted by molar-refractivity contribution is 0.323. The van der Waals surface area contributed by atoms with Crippen molar-refractivity contribution < 1.29 is 4.74 Å². The molecule has 0 spiro atoms. The lowest BCUT2D eigenvalue weighted by Crippen LogP contribution is -2.51. The number of hydrogen-bond acceptors (Lipinski definition) is 4. The summed E-state index contributed by atoms with van der Waals surface area (Å²) < 4.78 is 5.54. The molecule has 3 rings (SSSR count). The number of guanidine groups is 1. The molecule has 1 aliphatic rings. The van der Waals surface area contributed by atoms with Crippen LogP contribution in [0.15, 0.2) is 47.6 Å². The standard InChI is InChI=1S/C19H24ClN5O.HI/c1-2-26-18-15(4-3-9-22-18)14-23-19(21)25-12-10-24(11-13-25)17-7-5-16(20)6-8-17;/h3-9H,2,10-14H2,1H3,(H2,21,23);1H. The van der Waals surface area contributed by atoms with Crippen LogP contribution in [0, 0.1) is 0 Å². The summed E-state index contributed by atoms with van der Waals surface area (Å²) in [7, 11) is 0. The molecule has 6 nitrogen and oxygen atoms in total. The molecule has 2 heterocycles. The van der Waals surface area contributed by atoms with Crippen LogP contribution in [0.25, 0.3) is 0 Å². The van der Waals surface area contributed by atoms with E-state index in [4.69, 9.17) is 22.1 Å². The molecular weight excluding hydrogens is 477 g/mol. The number of ether oxygens (including phenoxy) is 1. The van der Waals surface area contributed by atoms with Crippen molar-refractivity contribution in [3.8, 4) is 5.88 Å². The second kappa shape index (κ2) is 10.6. The van der Waals surface area contributed by atoms with E-state index < -0.39 is 0 Å². The third-order valence-electron chi connectivity index (χ3n) is 4.34. The fraction of sp³-hybridized carbons (Fsp3) is 0.368. The maximum absolute atomic E-state index is 6.20. The quantitative estimate of drug-likeness (QED) is 0.386. The Morgan fingerprint density at radius 1 is 1.19 bits per heavy atom. The Bertz CT molecular complexity index is 748. The molecule has 0 bridgehead atoms. The summed E-state index contributed by atoms with van der Waals surface area (Å²) in [6, 6.07) is 11.8. The summed E-state index contributed by atoms with van der Waals surface area (Å²) in [5.74, 6) is 1.19. The number of hydrogen-bond donors (Lipinski definition) is 1. The number of nitrogens with zero attached hydrogens (tertiary/aromatic N) is 4. The minimum absolute atomic E-state index is 0. The van der Waals surface area contributed by atoms with Crippen LogP contribution in [-0.4, -0.2) is 48.6 Å². The number of anilines is 1. The van der Waals surface area contributed by atoms with Gasteiger partial charge in [0, 0.05) is 48.6 Å². The maximum atomic E-state index is 6.20. The number of benzene rings is 1. The minimum atomic E-state index is 0. The third kappa shape index (κ3) is 5.87. The van der Waals surface area contributed by atoms with E-state index in [2.05, 4.69) is 19.8 Å². The molecule has 2 N–H and O–H groups in total. The van der Waals surface area contributed by atoms with Gasteiger partial charge >= 0.3 is 0 Å². The lowest BCUT2D eigenvalue weighted by Gasteiger charge is -2.36. The molecule has 0 saturated carbocycles. The second-order valence-corrected chi connectivity index (χ2v) is 6.46. The Kier molecular flexibility index (Phi) is 8.43. The first kappa shape index (κ1) is 21.6. The normalized spacial score (nSPS) is 14.7. The number of aromatic nitrogens is 1. The Morgan fingerprint density at radius 3 is 2.56 bits per heavy atom. The summed E-state index contributed by atoms with van der Waals surface area (Å²) in [5.41, 5.74) is 8.33. The van der Waals surface area contributed by atoms with Gasteiger partial charge in [-0.3, -0.25) is 0 Å². The van der Waals surface area contributed by atoms with Crippen molar-refractivity contribution in [3.05, 3.63) is 53.2 Å². The molecule has 8 heteroatoms. The van der Waals surface area contributed by atoms with Gasteiger partial charge in [0.1, 0.15) is 0 Å². The van der Waals surface area contributed by atoms with Crippen LogP contribution in [0.1, 0.15) is 12.5 Å². The van der Waals surface area contributed by atoms with Crippen molar-refractivity contribution in [1.82, 2.24) is 9.88 Å². The first-order valence-corrected chi connectivity index (χ1v) is 9.17. The predicted octanol–water partition coefficient (Wildman–Crippen LogP) is 3.39. The molecule has 1 saturated heterocycles. The van der Waals surface area contributed by atoms with Gasteiger partial charge in [-0.1, -0.05) is 17.7 Å². The molecule has 0 unspecified atom stereocenters. The predicted molar refractivity (Wildman–Crippen MR) is 121 cm³/mol. The highest BCUT2D eigenvalue weighted by Gasteiger charge is 2.18. The molecule has 146 valence electrons. The van der Waals surface area contributed by atoms with Gasteiger partial charge in [-0.15, -0.1) is 24.0 Å². The molecule has 1 fully saturated rings. The number of aliphatic imine (C=N–C) groups is 1. The number of piperazine rings is 1. The highest BCUT2D eigenvalue weighted by Crippen LogP contribution is 2.20. The molecule has 0 radical (unpaired) electrons. The van der Waals surface area contributed by atoms with Crippen LogP contribution in [0.4, 0.5) is 5.69 Å². The molecule has 27 heavy (non-hydrogen) atoms. The van der Waals surface area contributed by atoms with Gasteiger partial charge in [-0.2, -0.15) is 0 Å². The maximum Gasteiger partial charge on any atom is 0.218 e. The number of pyridine rings is 1. The van der Waals surface area contributed by atoms with Gasteiger partial charge < -0.3 is 20.3 Å². The number of rotatable bonds is 5.